The number of aryl methyl sites for hydroxylation is 1. The van der Waals surface area contributed by atoms with Gasteiger partial charge in [-0.05, 0) is 66.4 Å². The predicted octanol–water partition coefficient (Wildman–Crippen LogP) is 3.25. The number of benzene rings is 1. The van der Waals surface area contributed by atoms with E-state index in [-0.39, 0.29) is 43.7 Å². The molecule has 0 radical (unpaired) electrons. The van der Waals surface area contributed by atoms with Crippen LogP contribution in [-0.4, -0.2) is 102 Å². The molecule has 284 valence electrons. The molecule has 1 aliphatic heterocycles. The molecule has 0 bridgehead atoms. The second kappa shape index (κ2) is 18.0. The molecule has 1 aromatic carbocycles. The number of hydrogen-bond donors (Lipinski definition) is 1. The summed E-state index contributed by atoms with van der Waals surface area (Å²) in [6.45, 7) is 3.77. The molecular formula is C35H43N7O9S2. The fourth-order valence-corrected chi connectivity index (χ4v) is 8.49. The van der Waals surface area contributed by atoms with Crippen LogP contribution in [0.25, 0.3) is 0 Å². The summed E-state index contributed by atoms with van der Waals surface area (Å²) in [5.74, 6) is -1.91. The fraction of sp³-hybridized carbons (Fsp3) is 0.514. The molecule has 0 saturated heterocycles. The van der Waals surface area contributed by atoms with Crippen molar-refractivity contribution in [3.05, 3.63) is 54.4 Å². The Balaban J connectivity index is 1.36. The number of tetrazole rings is 1. The van der Waals surface area contributed by atoms with Crippen molar-refractivity contribution in [1.29, 1.82) is 0 Å². The molecule has 16 nitrogen and oxygen atoms in total. The number of rotatable bonds is 19. The maximum absolute atomic E-state index is 14.5. The van der Waals surface area contributed by atoms with Gasteiger partial charge in [0.25, 0.3) is 0 Å². The zero-order chi connectivity index (χ0) is 38.0. The number of ether oxygens (including phenoxy) is 4. The highest BCUT2D eigenvalue weighted by atomic mass is 32.2. The number of aromatic nitrogens is 5. The van der Waals surface area contributed by atoms with Gasteiger partial charge in [0.1, 0.15) is 23.6 Å². The van der Waals surface area contributed by atoms with Crippen molar-refractivity contribution in [1.82, 2.24) is 30.1 Å². The molecule has 53 heavy (non-hydrogen) atoms. The number of aliphatic imine (C=N–C) groups is 1. The lowest BCUT2D eigenvalue weighted by molar-refractivity contribution is -0.187. The molecule has 3 heterocycles. The number of nitrogens with zero attached hydrogens (tertiary/aromatic N) is 6. The normalized spacial score (nSPS) is 21.1. The summed E-state index contributed by atoms with van der Waals surface area (Å²) in [5, 5.41) is 13.8. The molecule has 3 aromatic rings. The lowest BCUT2D eigenvalue weighted by Crippen LogP contribution is -2.86. The van der Waals surface area contributed by atoms with E-state index in [1.165, 1.54) is 35.3 Å². The average Bonchev–Trinajstić information content (AvgIpc) is 3.85. The van der Waals surface area contributed by atoms with Crippen LogP contribution >= 0.6 is 23.5 Å². The van der Waals surface area contributed by atoms with E-state index in [1.54, 1.807) is 67.3 Å². The van der Waals surface area contributed by atoms with Crippen LogP contribution in [0.2, 0.25) is 0 Å². The molecule has 1 N–H and O–H groups in total. The first-order valence-electron chi connectivity index (χ1n) is 17.3. The molecule has 4 atom stereocenters. The van der Waals surface area contributed by atoms with Gasteiger partial charge in [-0.1, -0.05) is 37.2 Å². The van der Waals surface area contributed by atoms with Crippen LogP contribution in [0.5, 0.6) is 5.75 Å². The molecule has 18 heteroatoms. The molecular weight excluding hydrogens is 727 g/mol. The Kier molecular flexibility index (Phi) is 13.5. The highest BCUT2D eigenvalue weighted by Crippen LogP contribution is 2.52. The van der Waals surface area contributed by atoms with Crippen molar-refractivity contribution >= 4 is 58.8 Å². The Bertz CT molecular complexity index is 1800. The average molecular weight is 770 g/mol. The lowest BCUT2D eigenvalue weighted by atomic mass is 9.67. The van der Waals surface area contributed by atoms with Gasteiger partial charge in [-0.15, -0.1) is 16.9 Å². The van der Waals surface area contributed by atoms with E-state index < -0.39 is 40.2 Å². The molecule has 0 spiro atoms. The van der Waals surface area contributed by atoms with Crippen LogP contribution in [0.4, 0.5) is 0 Å². The number of carbonyl (C=O) groups excluding carboxylic acids is 5. The van der Waals surface area contributed by atoms with E-state index >= 15 is 0 Å². The van der Waals surface area contributed by atoms with Crippen LogP contribution < -0.4 is 10.1 Å². The Morgan fingerprint density at radius 1 is 1.06 bits per heavy atom. The highest BCUT2D eigenvalue weighted by Gasteiger charge is 2.79. The summed E-state index contributed by atoms with van der Waals surface area (Å²) in [5.41, 5.74) is -2.78. The second-order valence-electron chi connectivity index (χ2n) is 12.4. The number of amides is 1. The smallest absolute Gasteiger partial charge is 0.343 e. The first kappa shape index (κ1) is 39.7. The van der Waals surface area contributed by atoms with Crippen LogP contribution in [0.15, 0.2) is 58.9 Å². The van der Waals surface area contributed by atoms with Gasteiger partial charge in [-0.2, -0.15) is 0 Å². The number of unbranched alkanes of at least 4 members (excludes halogenated alkanes) is 1. The summed E-state index contributed by atoms with van der Waals surface area (Å²) in [6.07, 6.45) is 6.09. The molecule has 4 unspecified atom stereocenters. The van der Waals surface area contributed by atoms with E-state index in [9.17, 15) is 24.0 Å². The predicted molar refractivity (Wildman–Crippen MR) is 194 cm³/mol. The van der Waals surface area contributed by atoms with E-state index in [0.717, 1.165) is 12.8 Å². The third kappa shape index (κ3) is 8.81. The van der Waals surface area contributed by atoms with Crippen LogP contribution in [-0.2, 0) is 51.8 Å². The summed E-state index contributed by atoms with van der Waals surface area (Å²) >= 11 is 2.55. The number of carbonyl (C=O) groups is 5. The van der Waals surface area contributed by atoms with Gasteiger partial charge in [0.2, 0.25) is 28.1 Å². The van der Waals surface area contributed by atoms with E-state index in [0.29, 0.717) is 40.8 Å². The fourth-order valence-electron chi connectivity index (χ4n) is 6.06. The molecule has 1 saturated carbocycles. The quantitative estimate of drug-likeness (QED) is 0.0614. The minimum Gasteiger partial charge on any atom is -0.466 e. The van der Waals surface area contributed by atoms with Crippen LogP contribution in [0.3, 0.4) is 0 Å². The molecule has 2 aromatic heterocycles. The van der Waals surface area contributed by atoms with E-state index in [1.807, 2.05) is 6.92 Å². The van der Waals surface area contributed by atoms with Gasteiger partial charge in [0.15, 0.2) is 0 Å². The summed E-state index contributed by atoms with van der Waals surface area (Å²) in [7, 11) is 2.99. The number of Topliss-reactive ketones (excluding diaryl/α,β-unsaturated/α-hetero) is 1. The number of hydrogen-bond acceptors (Lipinski definition) is 15. The minimum atomic E-state index is -2.01. The highest BCUT2D eigenvalue weighted by molar-refractivity contribution is 8.02. The lowest BCUT2D eigenvalue weighted by Gasteiger charge is -2.56. The van der Waals surface area contributed by atoms with Crippen molar-refractivity contribution in [3.8, 4) is 5.75 Å². The standard InChI is InChI=1S/C35H43N7O9S2/c1-5-7-12-28(44)51-25-16-14-23(15-17-25)20-50-32(47)34-30(46)35(48-4,31(34)52-21-24(36-34)22-53-33-38-39-40-41(33)3)37-29(45)26(42-18-8-9-19-42)11-10-13-27(43)49-6-2/h8-9,14-19,26,31H,5-7,10-13,20-22H2,1-4H3,(H,37,45). The zero-order valence-electron chi connectivity index (χ0n) is 30.0. The van der Waals surface area contributed by atoms with Crippen LogP contribution in [0, 0.1) is 0 Å². The number of thioether (sulfide) groups is 2. The Labute approximate surface area is 315 Å². The van der Waals surface area contributed by atoms with Crippen molar-refractivity contribution in [2.24, 2.45) is 12.0 Å². The molecule has 1 aliphatic carbocycles. The SMILES string of the molecule is CCCCC(=O)Oc1ccc(COC(=O)C23N=C(CSc4nnnn4C)CSC2C(NC(=O)C(CCCC(=O)OCC)n2cccc2)(OC)C3=O)cc1. The van der Waals surface area contributed by atoms with Gasteiger partial charge in [0, 0.05) is 56.6 Å². The molecule has 1 fully saturated rings. The number of ketones is 1. The van der Waals surface area contributed by atoms with Gasteiger partial charge in [0.05, 0.1) is 6.61 Å². The topological polar surface area (TPSA) is 195 Å². The van der Waals surface area contributed by atoms with Crippen LogP contribution in [0.1, 0.15) is 64.0 Å². The first-order chi connectivity index (χ1) is 25.6. The Morgan fingerprint density at radius 2 is 1.79 bits per heavy atom. The van der Waals surface area contributed by atoms with E-state index in [2.05, 4.69) is 20.8 Å². The molecule has 5 rings (SSSR count). The van der Waals surface area contributed by atoms with Crippen molar-refractivity contribution < 1.29 is 42.9 Å². The number of fused-ring (bicyclic) bond motifs is 1. The maximum Gasteiger partial charge on any atom is 0.343 e. The third-order valence-electron chi connectivity index (χ3n) is 8.79. The first-order valence-corrected chi connectivity index (χ1v) is 19.3. The second-order valence-corrected chi connectivity index (χ2v) is 14.4. The summed E-state index contributed by atoms with van der Waals surface area (Å²) in [4.78, 5) is 71.3. The summed E-state index contributed by atoms with van der Waals surface area (Å²) in [6, 6.07) is 9.27. The Hall–Kier alpha value is -4.55. The largest absolute Gasteiger partial charge is 0.466 e. The van der Waals surface area contributed by atoms with E-state index in [4.69, 9.17) is 23.9 Å². The maximum atomic E-state index is 14.5. The van der Waals surface area contributed by atoms with Gasteiger partial charge < -0.3 is 28.8 Å². The molecule has 1 amide bonds. The van der Waals surface area contributed by atoms with Gasteiger partial charge in [-0.25, -0.2) is 9.48 Å². The van der Waals surface area contributed by atoms with Crippen molar-refractivity contribution in [2.45, 2.75) is 86.7 Å². The van der Waals surface area contributed by atoms with Crippen molar-refractivity contribution in [3.63, 3.8) is 0 Å². The monoisotopic (exact) mass is 769 g/mol. The number of methoxy groups -OCH3 is 1. The number of nitrogens with one attached hydrogen (secondary N) is 1. The Morgan fingerprint density at radius 3 is 2.45 bits per heavy atom. The third-order valence-corrected chi connectivity index (χ3v) is 11.4. The zero-order valence-corrected chi connectivity index (χ0v) is 31.7. The molecule has 2 aliphatic rings. The summed E-state index contributed by atoms with van der Waals surface area (Å²) < 4.78 is 25.1. The van der Waals surface area contributed by atoms with Gasteiger partial charge >= 0.3 is 17.9 Å². The van der Waals surface area contributed by atoms with Gasteiger partial charge in [-0.3, -0.25) is 24.2 Å². The number of esters is 3. The van der Waals surface area contributed by atoms with Crippen molar-refractivity contribution in [2.75, 3.05) is 25.2 Å². The minimum absolute atomic E-state index is 0.118.